The third-order valence-electron chi connectivity index (χ3n) is 4.17. The third-order valence-corrected chi connectivity index (χ3v) is 4.17. The monoisotopic (exact) mass is 355 g/mol. The van der Waals surface area contributed by atoms with E-state index in [1.807, 2.05) is 18.2 Å². The number of carbonyl (C=O) groups is 2. The van der Waals surface area contributed by atoms with Crippen molar-refractivity contribution in [2.24, 2.45) is 0 Å². The van der Waals surface area contributed by atoms with Gasteiger partial charge in [-0.2, -0.15) is 0 Å². The molecule has 2 aromatic heterocycles. The van der Waals surface area contributed by atoms with E-state index in [0.717, 1.165) is 5.69 Å². The summed E-state index contributed by atoms with van der Waals surface area (Å²) >= 11 is 0. The van der Waals surface area contributed by atoms with Gasteiger partial charge in [0.2, 0.25) is 11.8 Å². The van der Waals surface area contributed by atoms with Crippen molar-refractivity contribution in [1.82, 2.24) is 25.5 Å². The summed E-state index contributed by atoms with van der Waals surface area (Å²) in [5.74, 6) is -0.0652. The molecular weight excluding hydrogens is 334 g/mol. The lowest BCUT2D eigenvalue weighted by atomic mass is 10.1. The van der Waals surface area contributed by atoms with Crippen LogP contribution >= 0.6 is 0 Å². The van der Waals surface area contributed by atoms with Crippen LogP contribution in [-0.2, 0) is 11.3 Å². The number of rotatable bonds is 5. The van der Waals surface area contributed by atoms with E-state index >= 15 is 0 Å². The van der Waals surface area contributed by atoms with E-state index in [1.165, 1.54) is 13.3 Å². The maximum Gasteiger partial charge on any atom is 0.254 e. The molecule has 26 heavy (non-hydrogen) atoms. The Hall–Kier alpha value is -3.00. The minimum absolute atomic E-state index is 0.211. The average molecular weight is 355 g/mol. The fraction of sp³-hybridized carbons (Fsp3) is 0.333. The van der Waals surface area contributed by atoms with Gasteiger partial charge in [-0.15, -0.1) is 0 Å². The number of amides is 2. The van der Waals surface area contributed by atoms with E-state index in [4.69, 9.17) is 4.74 Å². The SMILES string of the molecule is COc1cc(C(=O)N2CCNC[C@H]2C(=O)NCc2ccccn2)ccn1. The smallest absolute Gasteiger partial charge is 0.254 e. The fourth-order valence-corrected chi connectivity index (χ4v) is 2.80. The molecule has 8 heteroatoms. The molecule has 1 aliphatic rings. The molecule has 2 amide bonds. The molecule has 0 radical (unpaired) electrons. The highest BCUT2D eigenvalue weighted by Gasteiger charge is 2.32. The summed E-state index contributed by atoms with van der Waals surface area (Å²) in [4.78, 5) is 35.3. The summed E-state index contributed by atoms with van der Waals surface area (Å²) in [5, 5.41) is 6.02. The lowest BCUT2D eigenvalue weighted by Crippen LogP contribution is -2.59. The number of carbonyl (C=O) groups excluding carboxylic acids is 2. The summed E-state index contributed by atoms with van der Waals surface area (Å²) in [6.45, 7) is 1.81. The van der Waals surface area contributed by atoms with E-state index in [-0.39, 0.29) is 11.8 Å². The van der Waals surface area contributed by atoms with Crippen LogP contribution in [0.25, 0.3) is 0 Å². The second-order valence-corrected chi connectivity index (χ2v) is 5.84. The van der Waals surface area contributed by atoms with Gasteiger partial charge in [-0.1, -0.05) is 6.07 Å². The molecule has 1 aliphatic heterocycles. The van der Waals surface area contributed by atoms with Crippen molar-refractivity contribution in [2.75, 3.05) is 26.7 Å². The number of nitrogens with zero attached hydrogens (tertiary/aromatic N) is 3. The predicted molar refractivity (Wildman–Crippen MR) is 94.6 cm³/mol. The normalized spacial score (nSPS) is 16.8. The van der Waals surface area contributed by atoms with Crippen LogP contribution in [0.15, 0.2) is 42.7 Å². The number of hydrogen-bond donors (Lipinski definition) is 2. The van der Waals surface area contributed by atoms with Gasteiger partial charge in [0.1, 0.15) is 6.04 Å². The van der Waals surface area contributed by atoms with Gasteiger partial charge in [0.05, 0.1) is 19.3 Å². The van der Waals surface area contributed by atoms with Crippen LogP contribution in [0.2, 0.25) is 0 Å². The molecule has 1 fully saturated rings. The largest absolute Gasteiger partial charge is 0.481 e. The van der Waals surface area contributed by atoms with Gasteiger partial charge < -0.3 is 20.3 Å². The quantitative estimate of drug-likeness (QED) is 0.796. The molecule has 2 aromatic rings. The van der Waals surface area contributed by atoms with Crippen LogP contribution in [0.1, 0.15) is 16.1 Å². The standard InChI is InChI=1S/C18H21N5O3/c1-26-16-10-13(5-7-21-16)18(25)23-9-8-19-12-15(23)17(24)22-11-14-4-2-3-6-20-14/h2-7,10,15,19H,8-9,11-12H2,1H3,(H,22,24)/t15-/m0/s1. The molecule has 2 N–H and O–H groups in total. The summed E-state index contributed by atoms with van der Waals surface area (Å²) in [6.07, 6.45) is 3.20. The van der Waals surface area contributed by atoms with Gasteiger partial charge >= 0.3 is 0 Å². The number of ether oxygens (including phenoxy) is 1. The molecule has 0 aromatic carbocycles. The summed E-state index contributed by atoms with van der Waals surface area (Å²) < 4.78 is 5.07. The van der Waals surface area contributed by atoms with E-state index < -0.39 is 6.04 Å². The van der Waals surface area contributed by atoms with Crippen molar-refractivity contribution in [2.45, 2.75) is 12.6 Å². The van der Waals surface area contributed by atoms with E-state index in [9.17, 15) is 9.59 Å². The molecule has 0 spiro atoms. The Bertz CT molecular complexity index is 768. The number of methoxy groups -OCH3 is 1. The zero-order valence-corrected chi connectivity index (χ0v) is 14.5. The van der Waals surface area contributed by atoms with Gasteiger partial charge in [0.25, 0.3) is 5.91 Å². The molecule has 3 heterocycles. The minimum Gasteiger partial charge on any atom is -0.481 e. The minimum atomic E-state index is -0.584. The predicted octanol–water partition coefficient (Wildman–Crippen LogP) is 0.216. The Morgan fingerprint density at radius 2 is 2.19 bits per heavy atom. The fourth-order valence-electron chi connectivity index (χ4n) is 2.80. The first-order valence-corrected chi connectivity index (χ1v) is 8.38. The van der Waals surface area contributed by atoms with Gasteiger partial charge in [0, 0.05) is 43.7 Å². The first-order valence-electron chi connectivity index (χ1n) is 8.38. The van der Waals surface area contributed by atoms with Crippen LogP contribution in [0.5, 0.6) is 5.88 Å². The second-order valence-electron chi connectivity index (χ2n) is 5.84. The van der Waals surface area contributed by atoms with Gasteiger partial charge in [0.15, 0.2) is 0 Å². The molecular formula is C18H21N5O3. The number of pyridine rings is 2. The lowest BCUT2D eigenvalue weighted by Gasteiger charge is -2.35. The van der Waals surface area contributed by atoms with Crippen molar-refractivity contribution in [3.63, 3.8) is 0 Å². The van der Waals surface area contributed by atoms with E-state index in [0.29, 0.717) is 37.6 Å². The van der Waals surface area contributed by atoms with Crippen molar-refractivity contribution in [1.29, 1.82) is 0 Å². The average Bonchev–Trinajstić information content (AvgIpc) is 2.72. The lowest BCUT2D eigenvalue weighted by molar-refractivity contribution is -0.126. The molecule has 8 nitrogen and oxygen atoms in total. The summed E-state index contributed by atoms with van der Waals surface area (Å²) in [5.41, 5.74) is 1.21. The molecule has 136 valence electrons. The molecule has 3 rings (SSSR count). The van der Waals surface area contributed by atoms with Crippen LogP contribution < -0.4 is 15.4 Å². The maximum atomic E-state index is 12.9. The maximum absolute atomic E-state index is 12.9. The molecule has 1 saturated heterocycles. The van der Waals surface area contributed by atoms with Crippen molar-refractivity contribution < 1.29 is 14.3 Å². The van der Waals surface area contributed by atoms with Crippen molar-refractivity contribution in [3.8, 4) is 5.88 Å². The van der Waals surface area contributed by atoms with Crippen LogP contribution in [0.4, 0.5) is 0 Å². The Labute approximate surface area is 151 Å². The second kappa shape index (κ2) is 8.39. The summed E-state index contributed by atoms with van der Waals surface area (Å²) in [6, 6.07) is 8.14. The molecule has 0 aliphatic carbocycles. The van der Waals surface area contributed by atoms with Gasteiger partial charge in [-0.3, -0.25) is 14.6 Å². The van der Waals surface area contributed by atoms with Crippen LogP contribution in [-0.4, -0.2) is 59.5 Å². The number of hydrogen-bond acceptors (Lipinski definition) is 6. The third kappa shape index (κ3) is 4.15. The molecule has 0 saturated carbocycles. The topological polar surface area (TPSA) is 96.5 Å². The number of nitrogens with one attached hydrogen (secondary N) is 2. The molecule has 1 atom stereocenters. The Kier molecular flexibility index (Phi) is 5.75. The van der Waals surface area contributed by atoms with Crippen LogP contribution in [0.3, 0.4) is 0 Å². The Morgan fingerprint density at radius 3 is 2.96 bits per heavy atom. The Balaban J connectivity index is 1.70. The first kappa shape index (κ1) is 17.8. The van der Waals surface area contributed by atoms with Gasteiger partial charge in [-0.05, 0) is 18.2 Å². The van der Waals surface area contributed by atoms with E-state index in [1.54, 1.807) is 23.2 Å². The van der Waals surface area contributed by atoms with Gasteiger partial charge in [-0.25, -0.2) is 4.98 Å². The summed E-state index contributed by atoms with van der Waals surface area (Å²) in [7, 11) is 1.50. The van der Waals surface area contributed by atoms with Crippen molar-refractivity contribution in [3.05, 3.63) is 54.0 Å². The highest BCUT2D eigenvalue weighted by molar-refractivity contribution is 5.98. The van der Waals surface area contributed by atoms with Crippen molar-refractivity contribution >= 4 is 11.8 Å². The van der Waals surface area contributed by atoms with E-state index in [2.05, 4.69) is 20.6 Å². The Morgan fingerprint density at radius 1 is 1.31 bits per heavy atom. The molecule has 0 bridgehead atoms. The highest BCUT2D eigenvalue weighted by atomic mass is 16.5. The van der Waals surface area contributed by atoms with Crippen LogP contribution in [0, 0.1) is 0 Å². The molecule has 0 unspecified atom stereocenters. The zero-order valence-electron chi connectivity index (χ0n) is 14.5. The number of aromatic nitrogens is 2. The highest BCUT2D eigenvalue weighted by Crippen LogP contribution is 2.14. The first-order chi connectivity index (χ1) is 12.7. The zero-order chi connectivity index (χ0) is 18.4. The number of piperazine rings is 1.